The molecule has 21 heavy (non-hydrogen) atoms. The lowest BCUT2D eigenvalue weighted by molar-refractivity contribution is -0.134. The first-order valence-corrected chi connectivity index (χ1v) is 6.72. The van der Waals surface area contributed by atoms with E-state index in [0.717, 1.165) is 12.3 Å². The molecular weight excluding hydrogens is 280 g/mol. The molecule has 1 aliphatic heterocycles. The highest BCUT2D eigenvalue weighted by Crippen LogP contribution is 2.21. The molecule has 0 spiro atoms. The first-order valence-electron chi connectivity index (χ1n) is 6.72. The van der Waals surface area contributed by atoms with Gasteiger partial charge >= 0.3 is 0 Å². The highest BCUT2D eigenvalue weighted by atomic mass is 19.2. The van der Waals surface area contributed by atoms with Crippen molar-refractivity contribution in [1.29, 1.82) is 0 Å². The molecule has 1 aromatic heterocycles. The van der Waals surface area contributed by atoms with Gasteiger partial charge in [-0.1, -0.05) is 0 Å². The van der Waals surface area contributed by atoms with Crippen molar-refractivity contribution in [1.82, 2.24) is 14.8 Å². The number of rotatable bonds is 2. The molecule has 0 aromatic carbocycles. The zero-order valence-corrected chi connectivity index (χ0v) is 12.0. The molecule has 0 unspecified atom stereocenters. The van der Waals surface area contributed by atoms with Gasteiger partial charge in [-0.15, -0.1) is 0 Å². The monoisotopic (exact) mass is 297 g/mol. The third-order valence-electron chi connectivity index (χ3n) is 3.65. The maximum absolute atomic E-state index is 13.6. The summed E-state index contributed by atoms with van der Waals surface area (Å²) in [4.78, 5) is 30.2. The summed E-state index contributed by atoms with van der Waals surface area (Å²) in [6, 6.07) is 1.16. The van der Waals surface area contributed by atoms with Crippen molar-refractivity contribution in [2.45, 2.75) is 12.8 Å². The van der Waals surface area contributed by atoms with Crippen molar-refractivity contribution in [2.24, 2.45) is 5.92 Å². The molecule has 1 aliphatic rings. The fraction of sp³-hybridized carbons (Fsp3) is 0.500. The van der Waals surface area contributed by atoms with E-state index in [1.165, 1.54) is 9.80 Å². The minimum Gasteiger partial charge on any atom is -0.349 e. The zero-order valence-electron chi connectivity index (χ0n) is 12.0. The van der Waals surface area contributed by atoms with E-state index in [1.54, 1.807) is 14.1 Å². The van der Waals surface area contributed by atoms with Crippen molar-refractivity contribution < 1.29 is 18.4 Å². The number of halogens is 2. The number of amides is 2. The standard InChI is InChI=1S/C14H17F2N3O2/c1-18(2)13(20)9-4-7-19(8-5-9)14(21)10-3-6-17-12(16)11(10)15/h3,6,9H,4-5,7-8H2,1-2H3. The number of carbonyl (C=O) groups is 2. The Morgan fingerprint density at radius 1 is 1.29 bits per heavy atom. The van der Waals surface area contributed by atoms with Crippen molar-refractivity contribution in [3.05, 3.63) is 29.6 Å². The zero-order chi connectivity index (χ0) is 15.6. The smallest absolute Gasteiger partial charge is 0.257 e. The summed E-state index contributed by atoms with van der Waals surface area (Å²) in [5.41, 5.74) is -0.320. The first kappa shape index (κ1) is 15.3. The number of hydrogen-bond acceptors (Lipinski definition) is 3. The predicted molar refractivity (Wildman–Crippen MR) is 71.5 cm³/mol. The lowest BCUT2D eigenvalue weighted by atomic mass is 9.95. The highest BCUT2D eigenvalue weighted by Gasteiger charge is 2.30. The summed E-state index contributed by atoms with van der Waals surface area (Å²) in [6.07, 6.45) is 2.11. The molecule has 0 saturated carbocycles. The van der Waals surface area contributed by atoms with Crippen LogP contribution in [-0.4, -0.2) is 53.8 Å². The molecule has 114 valence electrons. The molecule has 2 amide bonds. The fourth-order valence-corrected chi connectivity index (χ4v) is 2.45. The molecule has 1 aromatic rings. The van der Waals surface area contributed by atoms with Crippen LogP contribution in [0.15, 0.2) is 12.3 Å². The summed E-state index contributed by atoms with van der Waals surface area (Å²) in [5, 5.41) is 0. The molecule has 0 radical (unpaired) electrons. The van der Waals surface area contributed by atoms with Crippen LogP contribution in [0.1, 0.15) is 23.2 Å². The maximum Gasteiger partial charge on any atom is 0.257 e. The number of piperidine rings is 1. The minimum absolute atomic E-state index is 0.0308. The third-order valence-corrected chi connectivity index (χ3v) is 3.65. The first-order chi connectivity index (χ1) is 9.91. The molecule has 0 N–H and O–H groups in total. The van der Waals surface area contributed by atoms with Gasteiger partial charge in [-0.25, -0.2) is 9.37 Å². The van der Waals surface area contributed by atoms with E-state index in [2.05, 4.69) is 4.98 Å². The Morgan fingerprint density at radius 3 is 2.48 bits per heavy atom. The van der Waals surface area contributed by atoms with Gasteiger partial charge in [0.25, 0.3) is 5.91 Å². The predicted octanol–water partition coefficient (Wildman–Crippen LogP) is 1.30. The van der Waals surface area contributed by atoms with Gasteiger partial charge < -0.3 is 9.80 Å². The Balaban J connectivity index is 2.04. The second-order valence-electron chi connectivity index (χ2n) is 5.26. The topological polar surface area (TPSA) is 53.5 Å². The van der Waals surface area contributed by atoms with Crippen LogP contribution in [-0.2, 0) is 4.79 Å². The van der Waals surface area contributed by atoms with Crippen LogP contribution < -0.4 is 0 Å². The molecule has 0 atom stereocenters. The van der Waals surface area contributed by atoms with Gasteiger partial charge in [0, 0.05) is 39.3 Å². The van der Waals surface area contributed by atoms with Crippen LogP contribution >= 0.6 is 0 Å². The van der Waals surface area contributed by atoms with Crippen molar-refractivity contribution >= 4 is 11.8 Å². The lowest BCUT2D eigenvalue weighted by Crippen LogP contribution is -2.43. The van der Waals surface area contributed by atoms with Gasteiger partial charge in [-0.05, 0) is 18.9 Å². The molecule has 2 heterocycles. The third kappa shape index (κ3) is 3.17. The van der Waals surface area contributed by atoms with Crippen LogP contribution in [0.3, 0.4) is 0 Å². The van der Waals surface area contributed by atoms with E-state index in [-0.39, 0.29) is 17.4 Å². The van der Waals surface area contributed by atoms with Crippen molar-refractivity contribution in [2.75, 3.05) is 27.2 Å². The summed E-state index contributed by atoms with van der Waals surface area (Å²) in [6.45, 7) is 0.707. The molecule has 0 bridgehead atoms. The highest BCUT2D eigenvalue weighted by molar-refractivity contribution is 5.94. The Kier molecular flexibility index (Phi) is 4.50. The van der Waals surface area contributed by atoms with E-state index in [0.29, 0.717) is 25.9 Å². The SMILES string of the molecule is CN(C)C(=O)C1CCN(C(=O)c2ccnc(F)c2F)CC1. The summed E-state index contributed by atoms with van der Waals surface area (Å²) >= 11 is 0. The van der Waals surface area contributed by atoms with Crippen LogP contribution in [0.2, 0.25) is 0 Å². The average Bonchev–Trinajstić information content (AvgIpc) is 2.48. The van der Waals surface area contributed by atoms with E-state index in [9.17, 15) is 18.4 Å². The van der Waals surface area contributed by atoms with Crippen LogP contribution in [0.25, 0.3) is 0 Å². The van der Waals surface area contributed by atoms with Gasteiger partial charge in [0.15, 0.2) is 5.82 Å². The quantitative estimate of drug-likeness (QED) is 0.773. The second-order valence-corrected chi connectivity index (χ2v) is 5.26. The van der Waals surface area contributed by atoms with Crippen LogP contribution in [0.4, 0.5) is 8.78 Å². The molecule has 2 rings (SSSR count). The van der Waals surface area contributed by atoms with E-state index in [1.807, 2.05) is 0 Å². The van der Waals surface area contributed by atoms with Crippen molar-refractivity contribution in [3.63, 3.8) is 0 Å². The molecule has 5 nitrogen and oxygen atoms in total. The number of carbonyl (C=O) groups excluding carboxylic acids is 2. The largest absolute Gasteiger partial charge is 0.349 e. The van der Waals surface area contributed by atoms with Gasteiger partial charge in [-0.2, -0.15) is 4.39 Å². The van der Waals surface area contributed by atoms with Crippen LogP contribution in [0, 0.1) is 17.7 Å². The fourth-order valence-electron chi connectivity index (χ4n) is 2.45. The van der Waals surface area contributed by atoms with Gasteiger partial charge in [0.1, 0.15) is 0 Å². The Bertz CT molecular complexity index is 555. The van der Waals surface area contributed by atoms with Crippen molar-refractivity contribution in [3.8, 4) is 0 Å². The number of likely N-dealkylation sites (tertiary alicyclic amines) is 1. The molecular formula is C14H17F2N3O2. The van der Waals surface area contributed by atoms with Gasteiger partial charge in [0.05, 0.1) is 5.56 Å². The van der Waals surface area contributed by atoms with Gasteiger partial charge in [-0.3, -0.25) is 9.59 Å². The van der Waals surface area contributed by atoms with E-state index >= 15 is 0 Å². The molecule has 1 saturated heterocycles. The number of aromatic nitrogens is 1. The number of hydrogen-bond donors (Lipinski definition) is 0. The lowest BCUT2D eigenvalue weighted by Gasteiger charge is -2.32. The number of pyridine rings is 1. The van der Waals surface area contributed by atoms with E-state index < -0.39 is 17.7 Å². The summed E-state index contributed by atoms with van der Waals surface area (Å²) in [5.74, 6) is -3.16. The Morgan fingerprint density at radius 2 is 1.90 bits per heavy atom. The molecule has 1 fully saturated rings. The Hall–Kier alpha value is -2.05. The van der Waals surface area contributed by atoms with E-state index in [4.69, 9.17) is 0 Å². The van der Waals surface area contributed by atoms with Crippen LogP contribution in [0.5, 0.6) is 0 Å². The maximum atomic E-state index is 13.6. The Labute approximate surface area is 121 Å². The molecule has 7 heteroatoms. The average molecular weight is 297 g/mol. The minimum atomic E-state index is -1.28. The number of nitrogens with zero attached hydrogens (tertiary/aromatic N) is 3. The normalized spacial score (nSPS) is 15.9. The summed E-state index contributed by atoms with van der Waals surface area (Å²) in [7, 11) is 3.38. The van der Waals surface area contributed by atoms with Gasteiger partial charge in [0.2, 0.25) is 11.9 Å². The molecule has 0 aliphatic carbocycles. The summed E-state index contributed by atoms with van der Waals surface area (Å²) < 4.78 is 26.6. The second kappa shape index (κ2) is 6.15.